The quantitative estimate of drug-likeness (QED) is 0.391. The van der Waals surface area contributed by atoms with Crippen LogP contribution in [0.3, 0.4) is 0 Å². The van der Waals surface area contributed by atoms with Gasteiger partial charge >= 0.3 is 0 Å². The maximum Gasteiger partial charge on any atom is 0.276 e. The highest BCUT2D eigenvalue weighted by molar-refractivity contribution is 7.28. The van der Waals surface area contributed by atoms with Crippen molar-refractivity contribution in [1.29, 1.82) is 0 Å². The zero-order valence-corrected chi connectivity index (χ0v) is 19.5. The van der Waals surface area contributed by atoms with E-state index in [0.717, 1.165) is 38.6 Å². The fourth-order valence-corrected chi connectivity index (χ4v) is 6.53. The molecule has 0 saturated carbocycles. The van der Waals surface area contributed by atoms with Crippen molar-refractivity contribution in [1.82, 2.24) is 25.5 Å². The number of phenols is 1. The Labute approximate surface area is 188 Å². The molecule has 4 aromatic rings. The smallest absolute Gasteiger partial charge is 0.276 e. The summed E-state index contributed by atoms with van der Waals surface area (Å²) in [6.07, 6.45) is 5.50. The Morgan fingerprint density at radius 1 is 1.03 bits per heavy atom. The first-order valence-electron chi connectivity index (χ1n) is 10.2. The second-order valence-corrected chi connectivity index (χ2v) is 11.3. The Morgan fingerprint density at radius 2 is 1.77 bits per heavy atom. The van der Waals surface area contributed by atoms with E-state index in [4.69, 9.17) is 9.72 Å². The number of rotatable bonds is 4. The number of nitrogens with one attached hydrogen (secondary N) is 2. The van der Waals surface area contributed by atoms with Crippen LogP contribution in [0.4, 0.5) is 0 Å². The van der Waals surface area contributed by atoms with Gasteiger partial charge in [0.05, 0.1) is 11.8 Å². The number of fused-ring (bicyclic) bond motifs is 1. The van der Waals surface area contributed by atoms with Gasteiger partial charge in [-0.3, -0.25) is 5.10 Å². The van der Waals surface area contributed by atoms with Crippen LogP contribution in [0.5, 0.6) is 10.9 Å². The largest absolute Gasteiger partial charge is 0.507 e. The summed E-state index contributed by atoms with van der Waals surface area (Å²) in [5.74, 6) is 0.191. The van der Waals surface area contributed by atoms with Crippen LogP contribution in [-0.4, -0.2) is 42.5 Å². The number of piperidine rings is 1. The van der Waals surface area contributed by atoms with Crippen molar-refractivity contribution in [3.63, 3.8) is 0 Å². The molecule has 9 heteroatoms. The van der Waals surface area contributed by atoms with Gasteiger partial charge in [0.1, 0.15) is 16.9 Å². The number of aromatic amines is 1. The first-order chi connectivity index (χ1) is 14.7. The van der Waals surface area contributed by atoms with Gasteiger partial charge in [-0.15, -0.1) is 0 Å². The molecule has 0 aliphatic carbocycles. The van der Waals surface area contributed by atoms with Gasteiger partial charge in [-0.1, -0.05) is 28.7 Å². The van der Waals surface area contributed by atoms with E-state index in [1.807, 2.05) is 12.1 Å². The molecule has 1 aliphatic heterocycles. The Balaban J connectivity index is 1.36. The average molecular weight is 456 g/mol. The molecule has 0 unspecified atom stereocenters. The zero-order valence-electron chi connectivity index (χ0n) is 17.9. The maximum absolute atomic E-state index is 10.6. The number of thiazole rings is 2. The van der Waals surface area contributed by atoms with Gasteiger partial charge in [0.2, 0.25) is 0 Å². The van der Waals surface area contributed by atoms with E-state index in [1.54, 1.807) is 18.5 Å². The van der Waals surface area contributed by atoms with Crippen LogP contribution in [0.15, 0.2) is 30.6 Å². The Morgan fingerprint density at radius 3 is 2.42 bits per heavy atom. The van der Waals surface area contributed by atoms with Crippen LogP contribution >= 0.6 is 22.7 Å². The molecule has 1 fully saturated rings. The number of phenolic OH excluding ortho intramolecular Hbond substituents is 1. The second kappa shape index (κ2) is 7.29. The third-order valence-corrected chi connectivity index (χ3v) is 7.39. The van der Waals surface area contributed by atoms with Gasteiger partial charge < -0.3 is 15.2 Å². The molecule has 1 aromatic carbocycles. The Kier molecular flexibility index (Phi) is 4.80. The van der Waals surface area contributed by atoms with E-state index in [2.05, 4.69) is 48.2 Å². The summed E-state index contributed by atoms with van der Waals surface area (Å²) in [4.78, 5) is 11.1. The second-order valence-electron chi connectivity index (χ2n) is 9.37. The zero-order chi connectivity index (χ0) is 21.8. The molecule has 31 heavy (non-hydrogen) atoms. The minimum atomic E-state index is 0.0205. The van der Waals surface area contributed by atoms with Gasteiger partial charge in [-0.2, -0.15) is 10.1 Å². The van der Waals surface area contributed by atoms with E-state index in [1.165, 1.54) is 22.7 Å². The molecule has 1 saturated heterocycles. The lowest BCUT2D eigenvalue weighted by Crippen LogP contribution is -2.60. The molecule has 0 radical (unpaired) electrons. The van der Waals surface area contributed by atoms with Crippen LogP contribution in [0, 0.1) is 0 Å². The molecule has 0 amide bonds. The highest BCUT2D eigenvalue weighted by Gasteiger charge is 2.39. The molecular formula is C22H25N5O2S2. The van der Waals surface area contributed by atoms with Crippen LogP contribution in [-0.2, 0) is 0 Å². The van der Waals surface area contributed by atoms with Crippen molar-refractivity contribution in [3.05, 3.63) is 30.6 Å². The van der Waals surface area contributed by atoms with Crippen molar-refractivity contribution in [3.8, 4) is 32.6 Å². The molecule has 162 valence electrons. The number of aromatic hydroxyl groups is 1. The predicted molar refractivity (Wildman–Crippen MR) is 125 cm³/mol. The highest BCUT2D eigenvalue weighted by atomic mass is 32.1. The molecule has 1 aliphatic rings. The van der Waals surface area contributed by atoms with Gasteiger partial charge in [0.25, 0.3) is 5.19 Å². The Bertz CT molecular complexity index is 1180. The highest BCUT2D eigenvalue weighted by Crippen LogP contribution is 2.41. The third-order valence-electron chi connectivity index (χ3n) is 5.44. The van der Waals surface area contributed by atoms with Crippen molar-refractivity contribution in [2.45, 2.75) is 57.7 Å². The summed E-state index contributed by atoms with van der Waals surface area (Å²) in [6, 6.07) is 5.58. The fourth-order valence-electron chi connectivity index (χ4n) is 4.54. The standard InChI is InChI=1S/C22H25N5O2S2/c1-21(2)8-14(9-22(3,4)27-21)29-20-26-19-18(31-20)25-17(30-19)15-6-5-12(7-16(15)28)13-10-23-24-11-13/h5-7,10-11,14,27-28H,8-9H2,1-4H3,(H,23,24). The lowest BCUT2D eigenvalue weighted by Gasteiger charge is -2.45. The molecular weight excluding hydrogens is 430 g/mol. The summed E-state index contributed by atoms with van der Waals surface area (Å²) in [5, 5.41) is 22.4. The fraction of sp³-hybridized carbons (Fsp3) is 0.409. The number of benzene rings is 1. The van der Waals surface area contributed by atoms with E-state index >= 15 is 0 Å². The number of aromatic nitrogens is 4. The first-order valence-corrected chi connectivity index (χ1v) is 11.9. The number of H-pyrrole nitrogens is 1. The van der Waals surface area contributed by atoms with E-state index < -0.39 is 0 Å². The molecule has 4 heterocycles. The van der Waals surface area contributed by atoms with E-state index in [0.29, 0.717) is 10.8 Å². The maximum atomic E-state index is 10.6. The summed E-state index contributed by atoms with van der Waals surface area (Å²) >= 11 is 2.93. The van der Waals surface area contributed by atoms with Gasteiger partial charge in [-0.25, -0.2) is 4.98 Å². The SMILES string of the molecule is CC1(C)CC(Oc2nc3sc(-c4ccc(-c5cn[nH]c5)cc4O)nc3s2)CC(C)(C)N1. The molecule has 0 atom stereocenters. The van der Waals surface area contributed by atoms with Crippen LogP contribution in [0.2, 0.25) is 0 Å². The summed E-state index contributed by atoms with van der Waals surface area (Å²) in [7, 11) is 0. The number of ether oxygens (including phenoxy) is 1. The lowest BCUT2D eigenvalue weighted by molar-refractivity contribution is 0.0559. The third kappa shape index (κ3) is 4.17. The predicted octanol–water partition coefficient (Wildman–Crippen LogP) is 5.20. The molecule has 3 N–H and O–H groups in total. The van der Waals surface area contributed by atoms with Gasteiger partial charge in [0.15, 0.2) is 9.66 Å². The first kappa shape index (κ1) is 20.4. The Hall–Kier alpha value is -2.49. The lowest BCUT2D eigenvalue weighted by atomic mass is 9.81. The number of hydrogen-bond donors (Lipinski definition) is 3. The molecule has 7 nitrogen and oxygen atoms in total. The molecule has 3 aromatic heterocycles. The normalized spacial score (nSPS) is 18.5. The van der Waals surface area contributed by atoms with E-state index in [-0.39, 0.29) is 22.9 Å². The van der Waals surface area contributed by atoms with Crippen LogP contribution in [0.1, 0.15) is 40.5 Å². The van der Waals surface area contributed by atoms with Gasteiger partial charge in [0, 0.05) is 35.7 Å². The molecule has 5 rings (SSSR count). The summed E-state index contributed by atoms with van der Waals surface area (Å²) in [6.45, 7) is 8.84. The van der Waals surface area contributed by atoms with Crippen molar-refractivity contribution >= 4 is 32.3 Å². The van der Waals surface area contributed by atoms with Crippen molar-refractivity contribution in [2.24, 2.45) is 0 Å². The molecule has 0 bridgehead atoms. The number of nitrogens with zero attached hydrogens (tertiary/aromatic N) is 3. The average Bonchev–Trinajstić information content (AvgIpc) is 3.34. The minimum absolute atomic E-state index is 0.0205. The number of hydrogen-bond acceptors (Lipinski definition) is 8. The van der Waals surface area contributed by atoms with Crippen LogP contribution < -0.4 is 10.1 Å². The van der Waals surface area contributed by atoms with Crippen molar-refractivity contribution in [2.75, 3.05) is 0 Å². The van der Waals surface area contributed by atoms with Crippen LogP contribution in [0.25, 0.3) is 31.4 Å². The minimum Gasteiger partial charge on any atom is -0.507 e. The summed E-state index contributed by atoms with van der Waals surface area (Å²) < 4.78 is 6.27. The summed E-state index contributed by atoms with van der Waals surface area (Å²) in [5.41, 5.74) is 2.57. The molecule has 0 spiro atoms. The monoisotopic (exact) mass is 455 g/mol. The topological polar surface area (TPSA) is 96.0 Å². The van der Waals surface area contributed by atoms with E-state index in [9.17, 15) is 5.11 Å². The van der Waals surface area contributed by atoms with Crippen molar-refractivity contribution < 1.29 is 9.84 Å². The van der Waals surface area contributed by atoms with Gasteiger partial charge in [-0.05, 0) is 45.4 Å².